The van der Waals surface area contributed by atoms with Gasteiger partial charge in [0, 0.05) is 0 Å². The van der Waals surface area contributed by atoms with Crippen molar-refractivity contribution >= 4 is 15.7 Å². The Bertz CT molecular complexity index is 807. The fourth-order valence-corrected chi connectivity index (χ4v) is 3.22. The number of hydrogen-bond acceptors (Lipinski definition) is 3. The van der Waals surface area contributed by atoms with E-state index in [4.69, 9.17) is 0 Å². The summed E-state index contributed by atoms with van der Waals surface area (Å²) in [4.78, 5) is 2.57. The number of hydrazone groups is 1. The second-order valence-corrected chi connectivity index (χ2v) is 7.06. The molecule has 0 spiro atoms. The molecule has 0 unspecified atom stereocenters. The minimum atomic E-state index is -3.66. The number of nitrogens with one attached hydrogen (secondary N) is 1. The average molecular weight is 316 g/mol. The van der Waals surface area contributed by atoms with Crippen molar-refractivity contribution in [2.75, 3.05) is 0 Å². The molecule has 0 aliphatic rings. The molecule has 0 saturated carbocycles. The van der Waals surface area contributed by atoms with E-state index >= 15 is 0 Å². The highest BCUT2D eigenvalue weighted by Gasteiger charge is 2.16. The van der Waals surface area contributed by atoms with Gasteiger partial charge in [-0.1, -0.05) is 42.0 Å². The van der Waals surface area contributed by atoms with E-state index in [1.807, 2.05) is 44.2 Å². The predicted molar refractivity (Wildman–Crippen MR) is 89.6 cm³/mol. The third-order valence-electron chi connectivity index (χ3n) is 3.44. The third-order valence-corrected chi connectivity index (χ3v) is 4.79. The topological polar surface area (TPSA) is 58.5 Å². The molecule has 1 N–H and O–H groups in total. The molecule has 0 heterocycles. The van der Waals surface area contributed by atoms with E-state index in [9.17, 15) is 8.42 Å². The fraction of sp³-hybridized carbons (Fsp3) is 0.235. The lowest BCUT2D eigenvalue weighted by molar-refractivity contribution is 0.583. The summed E-state index contributed by atoms with van der Waals surface area (Å²) in [6.45, 7) is 7.40. The zero-order valence-corrected chi connectivity index (χ0v) is 14.0. The van der Waals surface area contributed by atoms with E-state index in [0.29, 0.717) is 11.3 Å². The molecule has 0 aliphatic heterocycles. The number of sulfonamides is 1. The van der Waals surface area contributed by atoms with E-state index in [-0.39, 0.29) is 4.90 Å². The molecular weight excluding hydrogens is 296 g/mol. The van der Waals surface area contributed by atoms with Crippen molar-refractivity contribution in [1.29, 1.82) is 0 Å². The van der Waals surface area contributed by atoms with E-state index in [1.165, 1.54) is 0 Å². The van der Waals surface area contributed by atoms with Gasteiger partial charge in [-0.15, -0.1) is 0 Å². The maximum absolute atomic E-state index is 12.4. The molecule has 2 aromatic rings. The highest BCUT2D eigenvalue weighted by Crippen LogP contribution is 2.16. The second kappa shape index (κ2) is 6.32. The first-order chi connectivity index (χ1) is 10.3. The Kier molecular flexibility index (Phi) is 4.66. The number of nitrogens with zero attached hydrogens (tertiary/aromatic N) is 1. The molecule has 0 aromatic heterocycles. The first-order valence-electron chi connectivity index (χ1n) is 7.00. The Balaban J connectivity index is 2.27. The molecule has 0 amide bonds. The molecule has 0 bridgehead atoms. The van der Waals surface area contributed by atoms with Gasteiger partial charge in [0.15, 0.2) is 0 Å². The molecule has 0 saturated heterocycles. The van der Waals surface area contributed by atoms with Crippen LogP contribution in [0, 0.1) is 20.8 Å². The summed E-state index contributed by atoms with van der Waals surface area (Å²) in [7, 11) is -3.66. The number of hydrogen-bond donors (Lipinski definition) is 1. The first kappa shape index (κ1) is 16.2. The van der Waals surface area contributed by atoms with Crippen LogP contribution in [0.25, 0.3) is 0 Å². The molecule has 0 aliphatic carbocycles. The minimum Gasteiger partial charge on any atom is -0.200 e. The Hall–Kier alpha value is -2.14. The highest BCUT2D eigenvalue weighted by atomic mass is 32.2. The summed E-state index contributed by atoms with van der Waals surface area (Å²) in [5.41, 5.74) is 4.24. The summed E-state index contributed by atoms with van der Waals surface area (Å²) in [5.74, 6) is 0. The fourth-order valence-electron chi connectivity index (χ4n) is 2.03. The van der Waals surface area contributed by atoms with Crippen molar-refractivity contribution < 1.29 is 8.42 Å². The van der Waals surface area contributed by atoms with Gasteiger partial charge in [-0.2, -0.15) is 18.4 Å². The van der Waals surface area contributed by atoms with Gasteiger partial charge in [0.05, 0.1) is 10.6 Å². The summed E-state index contributed by atoms with van der Waals surface area (Å²) >= 11 is 0. The van der Waals surface area contributed by atoms with Crippen molar-refractivity contribution in [3.8, 4) is 0 Å². The van der Waals surface area contributed by atoms with Gasteiger partial charge >= 0.3 is 0 Å². The van der Waals surface area contributed by atoms with Gasteiger partial charge in [0.2, 0.25) is 0 Å². The van der Waals surface area contributed by atoms with Crippen molar-refractivity contribution in [2.45, 2.75) is 32.6 Å². The SMILES string of the molecule is C/C(=N/NS(=O)(=O)c1cc(C)ccc1C)c1ccc(C)cc1. The lowest BCUT2D eigenvalue weighted by atomic mass is 10.1. The third kappa shape index (κ3) is 3.74. The van der Waals surface area contributed by atoms with Crippen molar-refractivity contribution in [3.05, 3.63) is 64.7 Å². The maximum Gasteiger partial charge on any atom is 0.276 e. The summed E-state index contributed by atoms with van der Waals surface area (Å²) in [6.07, 6.45) is 0. The van der Waals surface area contributed by atoms with Crippen LogP contribution in [0.15, 0.2) is 52.5 Å². The Morgan fingerprint density at radius 2 is 1.55 bits per heavy atom. The maximum atomic E-state index is 12.4. The van der Waals surface area contributed by atoms with E-state index < -0.39 is 10.0 Å². The average Bonchev–Trinajstić information content (AvgIpc) is 2.48. The molecule has 4 nitrogen and oxygen atoms in total. The van der Waals surface area contributed by atoms with Crippen LogP contribution in [-0.4, -0.2) is 14.1 Å². The van der Waals surface area contributed by atoms with E-state index in [1.54, 1.807) is 26.0 Å². The standard InChI is InChI=1S/C17H20N2O2S/c1-12-6-9-16(10-7-12)15(4)18-19-22(20,21)17-11-13(2)5-8-14(17)3/h5-11,19H,1-4H3/b18-15-. The molecule has 0 radical (unpaired) electrons. The molecule has 0 fully saturated rings. The summed E-state index contributed by atoms with van der Waals surface area (Å²) in [5, 5.41) is 4.02. The molecule has 116 valence electrons. The Morgan fingerprint density at radius 3 is 2.18 bits per heavy atom. The van der Waals surface area contributed by atoms with Crippen molar-refractivity contribution in [2.24, 2.45) is 5.10 Å². The van der Waals surface area contributed by atoms with Crippen LogP contribution in [0.1, 0.15) is 29.2 Å². The van der Waals surface area contributed by atoms with E-state index in [0.717, 1.165) is 16.7 Å². The van der Waals surface area contributed by atoms with Gasteiger partial charge in [-0.05, 0) is 50.5 Å². The molecule has 22 heavy (non-hydrogen) atoms. The van der Waals surface area contributed by atoms with Crippen molar-refractivity contribution in [3.63, 3.8) is 0 Å². The highest BCUT2D eigenvalue weighted by molar-refractivity contribution is 7.89. The molecule has 5 heteroatoms. The predicted octanol–water partition coefficient (Wildman–Crippen LogP) is 3.31. The van der Waals surface area contributed by atoms with Gasteiger partial charge in [-0.25, -0.2) is 0 Å². The lowest BCUT2D eigenvalue weighted by Gasteiger charge is -2.09. The molecule has 2 rings (SSSR count). The van der Waals surface area contributed by atoms with Crippen LogP contribution in [0.2, 0.25) is 0 Å². The Labute approximate surface area is 131 Å². The van der Waals surface area contributed by atoms with Crippen molar-refractivity contribution in [1.82, 2.24) is 4.83 Å². The normalized spacial score (nSPS) is 12.3. The zero-order valence-electron chi connectivity index (χ0n) is 13.2. The van der Waals surface area contributed by atoms with Gasteiger partial charge in [-0.3, -0.25) is 0 Å². The second-order valence-electron chi connectivity index (χ2n) is 5.43. The minimum absolute atomic E-state index is 0.257. The lowest BCUT2D eigenvalue weighted by Crippen LogP contribution is -2.21. The van der Waals surface area contributed by atoms with Crippen LogP contribution >= 0.6 is 0 Å². The molecule has 2 aromatic carbocycles. The largest absolute Gasteiger partial charge is 0.276 e. The van der Waals surface area contributed by atoms with Gasteiger partial charge < -0.3 is 0 Å². The van der Waals surface area contributed by atoms with Gasteiger partial charge in [0.25, 0.3) is 10.0 Å². The molecule has 0 atom stereocenters. The van der Waals surface area contributed by atoms with Gasteiger partial charge in [0.1, 0.15) is 0 Å². The van der Waals surface area contributed by atoms with E-state index in [2.05, 4.69) is 9.93 Å². The van der Waals surface area contributed by atoms with Crippen LogP contribution in [0.5, 0.6) is 0 Å². The monoisotopic (exact) mass is 316 g/mol. The van der Waals surface area contributed by atoms with Crippen LogP contribution in [0.3, 0.4) is 0 Å². The number of rotatable bonds is 4. The summed E-state index contributed by atoms with van der Waals surface area (Å²) in [6, 6.07) is 13.1. The first-order valence-corrected chi connectivity index (χ1v) is 8.48. The van der Waals surface area contributed by atoms with Crippen LogP contribution in [-0.2, 0) is 10.0 Å². The summed E-state index contributed by atoms with van der Waals surface area (Å²) < 4.78 is 24.8. The number of aryl methyl sites for hydroxylation is 3. The zero-order chi connectivity index (χ0) is 16.3. The van der Waals surface area contributed by atoms with Crippen LogP contribution < -0.4 is 4.83 Å². The van der Waals surface area contributed by atoms with Crippen LogP contribution in [0.4, 0.5) is 0 Å². The quantitative estimate of drug-likeness (QED) is 0.695. The number of benzene rings is 2. The smallest absolute Gasteiger partial charge is 0.200 e. The Morgan fingerprint density at radius 1 is 0.955 bits per heavy atom. The molecular formula is C17H20N2O2S.